The van der Waals surface area contributed by atoms with Crippen LogP contribution in [0.1, 0.15) is 17.3 Å². The number of hydrogen-bond donors (Lipinski definition) is 1. The Hall–Kier alpha value is -1.27. The highest BCUT2D eigenvalue weighted by molar-refractivity contribution is 9.10. The fourth-order valence-electron chi connectivity index (χ4n) is 1.55. The van der Waals surface area contributed by atoms with Crippen molar-refractivity contribution < 1.29 is 0 Å². The van der Waals surface area contributed by atoms with E-state index in [9.17, 15) is 0 Å². The van der Waals surface area contributed by atoms with Crippen LogP contribution in [0.25, 0.3) is 0 Å². The maximum absolute atomic E-state index is 5.76. The van der Waals surface area contributed by atoms with Crippen molar-refractivity contribution in [2.75, 3.05) is 6.54 Å². The Morgan fingerprint density at radius 1 is 1.50 bits per heavy atom. The molecule has 2 N–H and O–H groups in total. The minimum atomic E-state index is -0.00815. The molecule has 0 aliphatic heterocycles. The second kappa shape index (κ2) is 4.71. The van der Waals surface area contributed by atoms with Crippen molar-refractivity contribution in [2.24, 2.45) is 12.8 Å². The SMILES string of the molecule is Cn1nnc(C(CN)c2cccc(Br)c2)n1. The first-order chi connectivity index (χ1) is 7.70. The Balaban J connectivity index is 2.36. The Kier molecular flexibility index (Phi) is 3.31. The van der Waals surface area contributed by atoms with Crippen LogP contribution in [0, 0.1) is 0 Å². The molecule has 0 spiro atoms. The van der Waals surface area contributed by atoms with E-state index in [1.54, 1.807) is 7.05 Å². The molecule has 1 heterocycles. The Bertz CT molecular complexity index is 482. The van der Waals surface area contributed by atoms with Gasteiger partial charge >= 0.3 is 0 Å². The van der Waals surface area contributed by atoms with Crippen LogP contribution >= 0.6 is 15.9 Å². The number of aryl methyl sites for hydroxylation is 1. The van der Waals surface area contributed by atoms with E-state index in [2.05, 4.69) is 31.3 Å². The molecule has 0 saturated heterocycles. The summed E-state index contributed by atoms with van der Waals surface area (Å²) in [6, 6.07) is 7.98. The summed E-state index contributed by atoms with van der Waals surface area (Å²) in [7, 11) is 1.74. The average molecular weight is 282 g/mol. The van der Waals surface area contributed by atoms with E-state index in [0.29, 0.717) is 12.4 Å². The van der Waals surface area contributed by atoms with E-state index in [4.69, 9.17) is 5.73 Å². The highest BCUT2D eigenvalue weighted by Crippen LogP contribution is 2.22. The molecule has 1 aromatic heterocycles. The van der Waals surface area contributed by atoms with Gasteiger partial charge in [0.15, 0.2) is 5.82 Å². The molecule has 6 heteroatoms. The second-order valence-electron chi connectivity index (χ2n) is 3.48. The normalized spacial score (nSPS) is 12.7. The van der Waals surface area contributed by atoms with E-state index in [0.717, 1.165) is 10.0 Å². The molecule has 0 bridgehead atoms. The van der Waals surface area contributed by atoms with Gasteiger partial charge < -0.3 is 5.73 Å². The van der Waals surface area contributed by atoms with Gasteiger partial charge in [-0.3, -0.25) is 0 Å². The molecule has 84 valence electrons. The summed E-state index contributed by atoms with van der Waals surface area (Å²) in [5.41, 5.74) is 6.85. The van der Waals surface area contributed by atoms with Gasteiger partial charge in [0.1, 0.15) is 0 Å². The van der Waals surface area contributed by atoms with Crippen LogP contribution in [0.3, 0.4) is 0 Å². The second-order valence-corrected chi connectivity index (χ2v) is 4.40. The Morgan fingerprint density at radius 2 is 2.31 bits per heavy atom. The predicted molar refractivity (Wildman–Crippen MR) is 63.8 cm³/mol. The lowest BCUT2D eigenvalue weighted by Crippen LogP contribution is -2.15. The van der Waals surface area contributed by atoms with Gasteiger partial charge in [0, 0.05) is 11.0 Å². The Morgan fingerprint density at radius 3 is 2.88 bits per heavy atom. The van der Waals surface area contributed by atoms with E-state index < -0.39 is 0 Å². The molecule has 2 rings (SSSR count). The largest absolute Gasteiger partial charge is 0.329 e. The summed E-state index contributed by atoms with van der Waals surface area (Å²) in [5.74, 6) is 0.648. The average Bonchev–Trinajstić information content (AvgIpc) is 2.66. The van der Waals surface area contributed by atoms with Gasteiger partial charge in [-0.25, -0.2) is 0 Å². The van der Waals surface area contributed by atoms with Crippen molar-refractivity contribution >= 4 is 15.9 Å². The van der Waals surface area contributed by atoms with Crippen LogP contribution in [0.15, 0.2) is 28.7 Å². The highest BCUT2D eigenvalue weighted by atomic mass is 79.9. The predicted octanol–water partition coefficient (Wildman–Crippen LogP) is 1.06. The quantitative estimate of drug-likeness (QED) is 0.914. The number of nitrogens with zero attached hydrogens (tertiary/aromatic N) is 4. The molecule has 0 aliphatic carbocycles. The summed E-state index contributed by atoms with van der Waals surface area (Å²) in [5, 5.41) is 12.0. The zero-order chi connectivity index (χ0) is 11.5. The molecule has 0 aliphatic rings. The van der Waals surface area contributed by atoms with Gasteiger partial charge in [0.2, 0.25) is 0 Å². The number of rotatable bonds is 3. The zero-order valence-electron chi connectivity index (χ0n) is 8.84. The molecule has 0 radical (unpaired) electrons. The first kappa shape index (κ1) is 11.2. The lowest BCUT2D eigenvalue weighted by Gasteiger charge is -2.10. The molecule has 1 aromatic carbocycles. The number of benzene rings is 1. The molecule has 0 fully saturated rings. The summed E-state index contributed by atoms with van der Waals surface area (Å²) in [6.45, 7) is 0.460. The van der Waals surface area contributed by atoms with E-state index in [-0.39, 0.29) is 5.92 Å². The molecule has 1 unspecified atom stereocenters. The first-order valence-electron chi connectivity index (χ1n) is 4.90. The maximum Gasteiger partial charge on any atom is 0.183 e. The van der Waals surface area contributed by atoms with Crippen molar-refractivity contribution in [1.29, 1.82) is 0 Å². The van der Waals surface area contributed by atoms with Crippen molar-refractivity contribution in [3.8, 4) is 0 Å². The molecule has 2 aromatic rings. The van der Waals surface area contributed by atoms with Gasteiger partial charge in [0.25, 0.3) is 0 Å². The molecule has 16 heavy (non-hydrogen) atoms. The molecule has 1 atom stereocenters. The Labute approximate surface area is 102 Å². The van der Waals surface area contributed by atoms with Crippen LogP contribution in [0.4, 0.5) is 0 Å². The molecular formula is C10H12BrN5. The first-order valence-corrected chi connectivity index (χ1v) is 5.69. The molecule has 5 nitrogen and oxygen atoms in total. The molecule has 0 saturated carbocycles. The fraction of sp³-hybridized carbons (Fsp3) is 0.300. The third-order valence-corrected chi connectivity index (χ3v) is 2.82. The summed E-state index contributed by atoms with van der Waals surface area (Å²) in [6.07, 6.45) is 0. The number of halogens is 1. The monoisotopic (exact) mass is 281 g/mol. The fourth-order valence-corrected chi connectivity index (χ4v) is 1.97. The van der Waals surface area contributed by atoms with Crippen LogP contribution in [0.2, 0.25) is 0 Å². The van der Waals surface area contributed by atoms with Gasteiger partial charge in [-0.05, 0) is 22.9 Å². The van der Waals surface area contributed by atoms with Crippen LogP contribution in [0.5, 0.6) is 0 Å². The smallest absolute Gasteiger partial charge is 0.183 e. The van der Waals surface area contributed by atoms with E-state index in [1.807, 2.05) is 24.3 Å². The van der Waals surface area contributed by atoms with Gasteiger partial charge in [-0.15, -0.1) is 10.2 Å². The third-order valence-electron chi connectivity index (χ3n) is 2.32. The van der Waals surface area contributed by atoms with Gasteiger partial charge in [-0.2, -0.15) is 4.80 Å². The van der Waals surface area contributed by atoms with Crippen molar-refractivity contribution in [1.82, 2.24) is 20.2 Å². The van der Waals surface area contributed by atoms with E-state index in [1.165, 1.54) is 4.80 Å². The topological polar surface area (TPSA) is 69.6 Å². The molecule has 0 amide bonds. The summed E-state index contributed by atoms with van der Waals surface area (Å²) in [4.78, 5) is 1.44. The molecular weight excluding hydrogens is 270 g/mol. The highest BCUT2D eigenvalue weighted by Gasteiger charge is 2.17. The summed E-state index contributed by atoms with van der Waals surface area (Å²) < 4.78 is 1.02. The number of nitrogens with two attached hydrogens (primary N) is 1. The minimum absolute atomic E-state index is 0.00815. The van der Waals surface area contributed by atoms with Gasteiger partial charge in [-0.1, -0.05) is 28.1 Å². The summed E-state index contributed by atoms with van der Waals surface area (Å²) >= 11 is 3.43. The standard InChI is InChI=1S/C10H12BrN5/c1-16-14-10(13-15-16)9(6-12)7-3-2-4-8(11)5-7/h2-5,9H,6,12H2,1H3. The third kappa shape index (κ3) is 2.28. The number of aromatic nitrogens is 4. The van der Waals surface area contributed by atoms with Crippen molar-refractivity contribution in [3.63, 3.8) is 0 Å². The van der Waals surface area contributed by atoms with Crippen LogP contribution < -0.4 is 5.73 Å². The maximum atomic E-state index is 5.76. The van der Waals surface area contributed by atoms with Crippen LogP contribution in [-0.2, 0) is 7.05 Å². The van der Waals surface area contributed by atoms with Gasteiger partial charge in [0.05, 0.1) is 13.0 Å². The number of tetrazole rings is 1. The number of hydrogen-bond acceptors (Lipinski definition) is 4. The lowest BCUT2D eigenvalue weighted by atomic mass is 9.99. The minimum Gasteiger partial charge on any atom is -0.329 e. The zero-order valence-corrected chi connectivity index (χ0v) is 10.4. The van der Waals surface area contributed by atoms with Crippen molar-refractivity contribution in [3.05, 3.63) is 40.1 Å². The lowest BCUT2D eigenvalue weighted by molar-refractivity contribution is 0.624. The van der Waals surface area contributed by atoms with Crippen LogP contribution in [-0.4, -0.2) is 26.8 Å². The van der Waals surface area contributed by atoms with Crippen molar-refractivity contribution in [2.45, 2.75) is 5.92 Å². The van der Waals surface area contributed by atoms with E-state index >= 15 is 0 Å².